The van der Waals surface area contributed by atoms with E-state index in [1.807, 2.05) is 6.07 Å². The number of hydrogen-bond acceptors (Lipinski definition) is 5. The van der Waals surface area contributed by atoms with Gasteiger partial charge in [0.05, 0.1) is 22.9 Å². The van der Waals surface area contributed by atoms with Gasteiger partial charge in [0.2, 0.25) is 0 Å². The summed E-state index contributed by atoms with van der Waals surface area (Å²) in [5.74, 6) is 1.01. The second-order valence-corrected chi connectivity index (χ2v) is 8.57. The Morgan fingerprint density at radius 3 is 2.89 bits per heavy atom. The van der Waals surface area contributed by atoms with Crippen molar-refractivity contribution in [2.24, 2.45) is 0 Å². The number of thiazole rings is 1. The van der Waals surface area contributed by atoms with E-state index in [0.717, 1.165) is 55.2 Å². The predicted molar refractivity (Wildman–Crippen MR) is 109 cm³/mol. The molecular weight excluding hydrogens is 356 g/mol. The van der Waals surface area contributed by atoms with Gasteiger partial charge in [-0.2, -0.15) is 0 Å². The molecule has 1 aromatic heterocycles. The fraction of sp³-hybridized carbons (Fsp3) is 0.409. The van der Waals surface area contributed by atoms with E-state index < -0.39 is 0 Å². The van der Waals surface area contributed by atoms with Gasteiger partial charge in [-0.15, -0.1) is 11.3 Å². The Labute approximate surface area is 163 Å². The molecule has 140 valence electrons. The lowest BCUT2D eigenvalue weighted by molar-refractivity contribution is -0.0234. The molecule has 2 aromatic carbocycles. The molecule has 1 atom stereocenters. The van der Waals surface area contributed by atoms with Crippen LogP contribution >= 0.6 is 11.3 Å². The number of para-hydroxylation sites is 1. The Bertz CT molecular complexity index is 913. The molecule has 4 nitrogen and oxygen atoms in total. The fourth-order valence-electron chi connectivity index (χ4n) is 3.96. The summed E-state index contributed by atoms with van der Waals surface area (Å²) in [6, 6.07) is 14.8. The van der Waals surface area contributed by atoms with Crippen LogP contribution in [0, 0.1) is 0 Å². The average Bonchev–Trinajstić information content (AvgIpc) is 3.33. The first-order valence-electron chi connectivity index (χ1n) is 9.71. The summed E-state index contributed by atoms with van der Waals surface area (Å²) in [5.41, 5.74) is 3.53. The van der Waals surface area contributed by atoms with Crippen LogP contribution in [0.2, 0.25) is 0 Å². The predicted octanol–water partition coefficient (Wildman–Crippen LogP) is 4.43. The molecule has 0 N–H and O–H groups in total. The van der Waals surface area contributed by atoms with Gasteiger partial charge < -0.3 is 14.4 Å². The minimum Gasteiger partial charge on any atom is -0.493 e. The van der Waals surface area contributed by atoms with Crippen LogP contribution in [0.5, 0.6) is 5.75 Å². The second-order valence-electron chi connectivity index (χ2n) is 7.50. The lowest BCUT2D eigenvalue weighted by atomic mass is 10.0. The Hall–Kier alpha value is -1.95. The summed E-state index contributed by atoms with van der Waals surface area (Å²) in [5, 5.41) is 1.05. The van der Waals surface area contributed by atoms with Gasteiger partial charge in [-0.05, 0) is 55.3 Å². The van der Waals surface area contributed by atoms with Crippen molar-refractivity contribution in [2.45, 2.75) is 31.5 Å². The highest BCUT2D eigenvalue weighted by Gasteiger charge is 2.27. The smallest absolute Gasteiger partial charge is 0.134 e. The summed E-state index contributed by atoms with van der Waals surface area (Å²) in [6.07, 6.45) is 3.30. The van der Waals surface area contributed by atoms with Gasteiger partial charge in [-0.25, -0.2) is 4.98 Å². The third kappa shape index (κ3) is 3.47. The van der Waals surface area contributed by atoms with Gasteiger partial charge >= 0.3 is 0 Å². The summed E-state index contributed by atoms with van der Waals surface area (Å²) in [7, 11) is 2.18. The normalized spacial score (nSPS) is 19.1. The molecule has 3 heterocycles. The number of hydrogen-bond donors (Lipinski definition) is 0. The van der Waals surface area contributed by atoms with Crippen LogP contribution in [0.25, 0.3) is 10.2 Å². The minimum absolute atomic E-state index is 0.110. The minimum atomic E-state index is -0.110. The Morgan fingerprint density at radius 2 is 2.04 bits per heavy atom. The van der Waals surface area contributed by atoms with E-state index in [9.17, 15) is 0 Å². The third-order valence-electron chi connectivity index (χ3n) is 5.55. The van der Waals surface area contributed by atoms with E-state index >= 15 is 0 Å². The Morgan fingerprint density at radius 1 is 1.19 bits per heavy atom. The van der Waals surface area contributed by atoms with Crippen LogP contribution in [-0.2, 0) is 11.2 Å². The van der Waals surface area contributed by atoms with Crippen LogP contribution < -0.4 is 4.74 Å². The molecule has 5 heteroatoms. The quantitative estimate of drug-likeness (QED) is 0.671. The molecule has 0 aliphatic carbocycles. The number of rotatable bonds is 4. The molecule has 27 heavy (non-hydrogen) atoms. The molecule has 0 spiro atoms. The number of nitrogens with zero attached hydrogens (tertiary/aromatic N) is 2. The molecule has 0 bridgehead atoms. The summed E-state index contributed by atoms with van der Waals surface area (Å²) >= 11 is 1.74. The molecule has 0 saturated carbocycles. The zero-order valence-corrected chi connectivity index (χ0v) is 16.4. The van der Waals surface area contributed by atoms with Crippen molar-refractivity contribution in [3.05, 3.63) is 58.6 Å². The number of ether oxygens (including phenoxy) is 2. The highest BCUT2D eigenvalue weighted by Crippen LogP contribution is 2.37. The molecule has 1 fully saturated rings. The van der Waals surface area contributed by atoms with Crippen LogP contribution in [0.15, 0.2) is 42.5 Å². The molecule has 0 amide bonds. The first-order chi connectivity index (χ1) is 13.3. The van der Waals surface area contributed by atoms with E-state index in [0.29, 0.717) is 0 Å². The Balaban J connectivity index is 1.50. The molecule has 1 saturated heterocycles. The van der Waals surface area contributed by atoms with Gasteiger partial charge in [0.15, 0.2) is 0 Å². The number of benzene rings is 2. The molecule has 3 aromatic rings. The molecular formula is C22H24N2O2S. The first-order valence-corrected chi connectivity index (χ1v) is 10.5. The lowest BCUT2D eigenvalue weighted by Gasteiger charge is -2.31. The van der Waals surface area contributed by atoms with Gasteiger partial charge in [-0.1, -0.05) is 18.2 Å². The van der Waals surface area contributed by atoms with Gasteiger partial charge in [0, 0.05) is 19.5 Å². The molecule has 5 rings (SSSR count). The standard InChI is InChI=1S/C22H24N2O2S/c1-24-11-8-17(9-12-24)26-21(16-6-7-19-15(14-16)10-13-25-19)22-23-18-4-2-3-5-20(18)27-22/h2-7,14,17,21H,8-13H2,1H3/t21-/m1/s1. The lowest BCUT2D eigenvalue weighted by Crippen LogP contribution is -2.35. The number of piperidine rings is 1. The second kappa shape index (κ2) is 7.23. The number of fused-ring (bicyclic) bond motifs is 2. The van der Waals surface area contributed by atoms with Crippen molar-refractivity contribution in [2.75, 3.05) is 26.7 Å². The van der Waals surface area contributed by atoms with E-state index in [1.54, 1.807) is 11.3 Å². The molecule has 0 unspecified atom stereocenters. The monoisotopic (exact) mass is 380 g/mol. The van der Waals surface area contributed by atoms with E-state index in [2.05, 4.69) is 48.3 Å². The zero-order chi connectivity index (χ0) is 18.2. The van der Waals surface area contributed by atoms with Gasteiger partial charge in [-0.3, -0.25) is 0 Å². The van der Waals surface area contributed by atoms with E-state index in [-0.39, 0.29) is 12.2 Å². The van der Waals surface area contributed by atoms with E-state index in [4.69, 9.17) is 14.5 Å². The largest absolute Gasteiger partial charge is 0.493 e. The van der Waals surface area contributed by atoms with Crippen molar-refractivity contribution in [1.29, 1.82) is 0 Å². The highest BCUT2D eigenvalue weighted by atomic mass is 32.1. The first kappa shape index (κ1) is 17.2. The molecule has 0 radical (unpaired) electrons. The Kier molecular flexibility index (Phi) is 4.60. The zero-order valence-electron chi connectivity index (χ0n) is 15.6. The van der Waals surface area contributed by atoms with E-state index in [1.165, 1.54) is 15.8 Å². The third-order valence-corrected chi connectivity index (χ3v) is 6.62. The maximum atomic E-state index is 6.68. The van der Waals surface area contributed by atoms with Crippen molar-refractivity contribution >= 4 is 21.6 Å². The van der Waals surface area contributed by atoms with Gasteiger partial charge in [0.25, 0.3) is 0 Å². The summed E-state index contributed by atoms with van der Waals surface area (Å²) in [4.78, 5) is 7.29. The van der Waals surface area contributed by atoms with Crippen LogP contribution in [0.1, 0.15) is 35.1 Å². The summed E-state index contributed by atoms with van der Waals surface area (Å²) in [6.45, 7) is 2.96. The van der Waals surface area contributed by atoms with Crippen molar-refractivity contribution < 1.29 is 9.47 Å². The maximum Gasteiger partial charge on any atom is 0.134 e. The van der Waals surface area contributed by atoms with Crippen molar-refractivity contribution in [3.8, 4) is 5.75 Å². The van der Waals surface area contributed by atoms with Gasteiger partial charge in [0.1, 0.15) is 16.9 Å². The number of likely N-dealkylation sites (tertiary alicyclic amines) is 1. The van der Waals surface area contributed by atoms with Crippen molar-refractivity contribution in [3.63, 3.8) is 0 Å². The van der Waals surface area contributed by atoms with Crippen LogP contribution in [0.3, 0.4) is 0 Å². The topological polar surface area (TPSA) is 34.6 Å². The molecule has 2 aliphatic heterocycles. The molecule has 2 aliphatic rings. The van der Waals surface area contributed by atoms with Crippen LogP contribution in [-0.4, -0.2) is 42.7 Å². The van der Waals surface area contributed by atoms with Crippen molar-refractivity contribution in [1.82, 2.24) is 9.88 Å². The number of aromatic nitrogens is 1. The average molecular weight is 381 g/mol. The highest BCUT2D eigenvalue weighted by molar-refractivity contribution is 7.18. The summed E-state index contributed by atoms with van der Waals surface area (Å²) < 4.78 is 13.6. The maximum absolute atomic E-state index is 6.68. The van der Waals surface area contributed by atoms with Crippen LogP contribution in [0.4, 0.5) is 0 Å². The fourth-order valence-corrected chi connectivity index (χ4v) is 5.00. The SMILES string of the molecule is CN1CCC(O[C@H](c2ccc3c(c2)CCO3)c2nc3ccccc3s2)CC1.